The van der Waals surface area contributed by atoms with Gasteiger partial charge < -0.3 is 4.74 Å². The molecule has 0 saturated heterocycles. The molecule has 0 bridgehead atoms. The largest absolute Gasteiger partial charge is 0.497 e. The van der Waals surface area contributed by atoms with Crippen molar-refractivity contribution in [1.82, 2.24) is 4.31 Å². The number of methoxy groups -OCH3 is 1. The minimum absolute atomic E-state index is 0.0675. The second-order valence-electron chi connectivity index (χ2n) is 5.27. The summed E-state index contributed by atoms with van der Waals surface area (Å²) in [5, 5.41) is 11.0. The lowest BCUT2D eigenvalue weighted by Gasteiger charge is -2.19. The minimum atomic E-state index is -3.86. The third-order valence-corrected chi connectivity index (χ3v) is 5.63. The summed E-state index contributed by atoms with van der Waals surface area (Å²) in [5.41, 5.74) is 0.661. The van der Waals surface area contributed by atoms with E-state index in [0.29, 0.717) is 5.75 Å². The molecule has 8 heteroatoms. The maximum atomic E-state index is 12.8. The van der Waals surface area contributed by atoms with Gasteiger partial charge in [0.1, 0.15) is 5.75 Å². The van der Waals surface area contributed by atoms with Gasteiger partial charge in [0.25, 0.3) is 5.69 Å². The highest BCUT2D eigenvalue weighted by atomic mass is 32.2. The van der Waals surface area contributed by atoms with Crippen LogP contribution in [0.5, 0.6) is 5.75 Å². The number of hydrogen-bond donors (Lipinski definition) is 0. The second-order valence-corrected chi connectivity index (χ2v) is 7.28. The van der Waals surface area contributed by atoms with Crippen LogP contribution < -0.4 is 4.74 Å². The Hall–Kier alpha value is -2.45. The van der Waals surface area contributed by atoms with Gasteiger partial charge in [-0.05, 0) is 30.7 Å². The topological polar surface area (TPSA) is 89.8 Å². The first-order chi connectivity index (χ1) is 11.3. The van der Waals surface area contributed by atoms with Crippen LogP contribution in [-0.2, 0) is 16.6 Å². The zero-order valence-corrected chi connectivity index (χ0v) is 14.4. The van der Waals surface area contributed by atoms with Crippen LogP contribution in [0, 0.1) is 17.0 Å². The molecule has 0 N–H and O–H groups in total. The molecule has 2 rings (SSSR count). The lowest BCUT2D eigenvalue weighted by molar-refractivity contribution is -0.385. The Balaban J connectivity index is 2.36. The molecular formula is C16H18N2O5S. The monoisotopic (exact) mass is 350 g/mol. The van der Waals surface area contributed by atoms with E-state index in [1.54, 1.807) is 24.3 Å². The molecule has 0 aromatic heterocycles. The summed E-state index contributed by atoms with van der Waals surface area (Å²) < 4.78 is 31.8. The Kier molecular flexibility index (Phi) is 5.20. The van der Waals surface area contributed by atoms with Crippen molar-refractivity contribution >= 4 is 15.7 Å². The smallest absolute Gasteiger partial charge is 0.273 e. The molecule has 0 aliphatic heterocycles. The zero-order chi connectivity index (χ0) is 17.9. The van der Waals surface area contributed by atoms with Gasteiger partial charge in [-0.15, -0.1) is 0 Å². The Morgan fingerprint density at radius 3 is 2.50 bits per heavy atom. The third kappa shape index (κ3) is 3.55. The second kappa shape index (κ2) is 6.98. The maximum Gasteiger partial charge on any atom is 0.273 e. The fourth-order valence-corrected chi connectivity index (χ4v) is 3.76. The molecule has 0 aliphatic rings. The van der Waals surface area contributed by atoms with E-state index in [-0.39, 0.29) is 22.7 Å². The lowest BCUT2D eigenvalue weighted by atomic mass is 10.2. The summed E-state index contributed by atoms with van der Waals surface area (Å²) >= 11 is 0. The molecule has 128 valence electrons. The van der Waals surface area contributed by atoms with Crippen LogP contribution in [0.25, 0.3) is 0 Å². The molecule has 24 heavy (non-hydrogen) atoms. The van der Waals surface area contributed by atoms with Crippen LogP contribution >= 0.6 is 0 Å². The molecule has 0 fully saturated rings. The van der Waals surface area contributed by atoms with Crippen molar-refractivity contribution < 1.29 is 18.1 Å². The molecule has 7 nitrogen and oxygen atoms in total. The van der Waals surface area contributed by atoms with Gasteiger partial charge >= 0.3 is 0 Å². The molecule has 0 amide bonds. The van der Waals surface area contributed by atoms with Crippen LogP contribution in [0.1, 0.15) is 11.1 Å². The van der Waals surface area contributed by atoms with Gasteiger partial charge in [0.05, 0.1) is 16.9 Å². The standard InChI is InChI=1S/C16H18N2O5S/c1-12-15(18(19)20)8-5-9-16(12)24(21,22)17(2)11-13-6-4-7-14(10-13)23-3/h4-10H,11H2,1-3H3. The number of ether oxygens (including phenoxy) is 1. The molecular weight excluding hydrogens is 332 g/mol. The Bertz CT molecular complexity index is 865. The first-order valence-corrected chi connectivity index (χ1v) is 8.54. The van der Waals surface area contributed by atoms with Crippen molar-refractivity contribution in [2.75, 3.05) is 14.2 Å². The quantitative estimate of drug-likeness (QED) is 0.590. The zero-order valence-electron chi connectivity index (χ0n) is 13.6. The Labute approximate surface area is 140 Å². The number of rotatable bonds is 6. The van der Waals surface area contributed by atoms with E-state index in [9.17, 15) is 18.5 Å². The molecule has 0 radical (unpaired) electrons. The van der Waals surface area contributed by atoms with Crippen molar-refractivity contribution in [2.45, 2.75) is 18.4 Å². The molecule has 0 unspecified atom stereocenters. The van der Waals surface area contributed by atoms with E-state index in [1.165, 1.54) is 39.3 Å². The molecule has 0 heterocycles. The predicted molar refractivity (Wildman–Crippen MR) is 89.5 cm³/mol. The van der Waals surface area contributed by atoms with Crippen molar-refractivity contribution in [2.24, 2.45) is 0 Å². The van der Waals surface area contributed by atoms with Crippen molar-refractivity contribution in [1.29, 1.82) is 0 Å². The third-order valence-electron chi connectivity index (χ3n) is 3.68. The molecule has 0 atom stereocenters. The average molecular weight is 350 g/mol. The first-order valence-electron chi connectivity index (χ1n) is 7.10. The number of nitro groups is 1. The predicted octanol–water partition coefficient (Wildman–Crippen LogP) is 2.73. The van der Waals surface area contributed by atoms with Gasteiger partial charge in [0, 0.05) is 25.2 Å². The van der Waals surface area contributed by atoms with E-state index in [2.05, 4.69) is 0 Å². The highest BCUT2D eigenvalue weighted by molar-refractivity contribution is 7.89. The number of nitrogens with zero attached hydrogens (tertiary/aromatic N) is 2. The molecule has 0 saturated carbocycles. The first kappa shape index (κ1) is 17.9. The van der Waals surface area contributed by atoms with Crippen LogP contribution in [0.3, 0.4) is 0 Å². The van der Waals surface area contributed by atoms with Gasteiger partial charge in [0.2, 0.25) is 10.0 Å². The SMILES string of the molecule is COc1cccc(CN(C)S(=O)(=O)c2cccc([N+](=O)[O-])c2C)c1. The summed E-state index contributed by atoms with van der Waals surface area (Å²) in [4.78, 5) is 10.4. The van der Waals surface area contributed by atoms with Crippen LogP contribution in [-0.4, -0.2) is 31.8 Å². The summed E-state index contributed by atoms with van der Waals surface area (Å²) in [6.07, 6.45) is 0. The summed E-state index contributed by atoms with van der Waals surface area (Å²) in [7, 11) is -0.884. The van der Waals surface area contributed by atoms with Crippen molar-refractivity contribution in [3.8, 4) is 5.75 Å². The van der Waals surface area contributed by atoms with Crippen molar-refractivity contribution in [3.05, 3.63) is 63.7 Å². The van der Waals surface area contributed by atoms with Crippen LogP contribution in [0.15, 0.2) is 47.4 Å². The summed E-state index contributed by atoms with van der Waals surface area (Å²) in [5.74, 6) is 0.629. The Morgan fingerprint density at radius 2 is 1.88 bits per heavy atom. The maximum absolute atomic E-state index is 12.8. The average Bonchev–Trinajstić information content (AvgIpc) is 2.54. The number of sulfonamides is 1. The molecule has 0 aliphatic carbocycles. The van der Waals surface area contributed by atoms with Gasteiger partial charge in [-0.25, -0.2) is 8.42 Å². The molecule has 2 aromatic rings. The molecule has 2 aromatic carbocycles. The van der Waals surface area contributed by atoms with Crippen LogP contribution in [0.2, 0.25) is 0 Å². The fraction of sp³-hybridized carbons (Fsp3) is 0.250. The lowest BCUT2D eigenvalue weighted by Crippen LogP contribution is -2.27. The van der Waals surface area contributed by atoms with Gasteiger partial charge in [-0.2, -0.15) is 4.31 Å². The van der Waals surface area contributed by atoms with Gasteiger partial charge in [0.15, 0.2) is 0 Å². The number of hydrogen-bond acceptors (Lipinski definition) is 5. The number of nitro benzene ring substituents is 1. The summed E-state index contributed by atoms with van der Waals surface area (Å²) in [6, 6.07) is 11.1. The van der Waals surface area contributed by atoms with E-state index < -0.39 is 14.9 Å². The van der Waals surface area contributed by atoms with E-state index >= 15 is 0 Å². The van der Waals surface area contributed by atoms with Gasteiger partial charge in [-0.1, -0.05) is 18.2 Å². The van der Waals surface area contributed by atoms with Crippen molar-refractivity contribution in [3.63, 3.8) is 0 Å². The fourth-order valence-electron chi connectivity index (χ4n) is 2.36. The van der Waals surface area contributed by atoms with E-state index in [0.717, 1.165) is 9.87 Å². The van der Waals surface area contributed by atoms with E-state index in [4.69, 9.17) is 4.74 Å². The minimum Gasteiger partial charge on any atom is -0.497 e. The molecule has 0 spiro atoms. The normalized spacial score (nSPS) is 11.5. The van der Waals surface area contributed by atoms with E-state index in [1.807, 2.05) is 0 Å². The van der Waals surface area contributed by atoms with Gasteiger partial charge in [-0.3, -0.25) is 10.1 Å². The highest BCUT2D eigenvalue weighted by Crippen LogP contribution is 2.27. The highest BCUT2D eigenvalue weighted by Gasteiger charge is 2.26. The Morgan fingerprint density at radius 1 is 1.21 bits per heavy atom. The summed E-state index contributed by atoms with van der Waals surface area (Å²) in [6.45, 7) is 1.56. The number of benzene rings is 2. The van der Waals surface area contributed by atoms with Crippen LogP contribution in [0.4, 0.5) is 5.69 Å².